The number of ether oxygens (including phenoxy) is 2. The van der Waals surface area contributed by atoms with Crippen LogP contribution in [0.5, 0.6) is 0 Å². The molecular formula is C36H48FN7O4Si. The summed E-state index contributed by atoms with van der Waals surface area (Å²) in [5.41, 5.74) is 2.39. The van der Waals surface area contributed by atoms with Gasteiger partial charge in [0.25, 0.3) is 5.91 Å². The van der Waals surface area contributed by atoms with Gasteiger partial charge in [0, 0.05) is 51.8 Å². The molecule has 2 aromatic heterocycles. The van der Waals surface area contributed by atoms with Crippen molar-refractivity contribution in [1.29, 1.82) is 0 Å². The van der Waals surface area contributed by atoms with Gasteiger partial charge in [-0.1, -0.05) is 56.0 Å². The monoisotopic (exact) mass is 689 g/mol. The van der Waals surface area contributed by atoms with E-state index in [0.29, 0.717) is 37.6 Å². The minimum absolute atomic E-state index is 0.136. The fraction of sp³-hybridized carbons (Fsp3) is 0.444. The molecule has 1 atom stereocenters. The van der Waals surface area contributed by atoms with Crippen molar-refractivity contribution >= 4 is 31.4 Å². The van der Waals surface area contributed by atoms with E-state index in [2.05, 4.69) is 35.4 Å². The zero-order valence-corrected chi connectivity index (χ0v) is 30.3. The third-order valence-electron chi connectivity index (χ3n) is 8.02. The van der Waals surface area contributed by atoms with E-state index in [9.17, 15) is 9.59 Å². The lowest BCUT2D eigenvalue weighted by atomic mass is 10.0. The maximum atomic E-state index is 15.5. The van der Waals surface area contributed by atoms with Gasteiger partial charge in [0.2, 0.25) is 5.82 Å². The van der Waals surface area contributed by atoms with Crippen LogP contribution in [0.3, 0.4) is 0 Å². The lowest BCUT2D eigenvalue weighted by molar-refractivity contribution is 0.0500. The summed E-state index contributed by atoms with van der Waals surface area (Å²) < 4.78 is 30.5. The zero-order chi connectivity index (χ0) is 35.2. The number of amides is 2. The quantitative estimate of drug-likeness (QED) is 0.122. The minimum atomic E-state index is -1.32. The van der Waals surface area contributed by atoms with Crippen LogP contribution in [0.15, 0.2) is 67.1 Å². The lowest BCUT2D eigenvalue weighted by Gasteiger charge is -2.36. The Kier molecular flexibility index (Phi) is 11.2. The third-order valence-corrected chi connectivity index (χ3v) is 9.72. The molecule has 0 aliphatic carbocycles. The van der Waals surface area contributed by atoms with Gasteiger partial charge in [-0.05, 0) is 57.4 Å². The average molecular weight is 690 g/mol. The number of para-hydroxylation sites is 1. The fourth-order valence-corrected chi connectivity index (χ4v) is 6.37. The summed E-state index contributed by atoms with van der Waals surface area (Å²) in [5, 5.41) is 10.3. The van der Waals surface area contributed by atoms with Crippen molar-refractivity contribution in [3.8, 4) is 11.3 Å². The van der Waals surface area contributed by atoms with Crippen molar-refractivity contribution in [1.82, 2.24) is 24.6 Å². The zero-order valence-electron chi connectivity index (χ0n) is 29.3. The van der Waals surface area contributed by atoms with E-state index in [1.807, 2.05) is 46.1 Å². The molecule has 5 rings (SSSR count). The number of piperidine rings is 1. The summed E-state index contributed by atoms with van der Waals surface area (Å²) in [6, 6.07) is 15.4. The number of imidazole rings is 1. The van der Waals surface area contributed by atoms with Crippen molar-refractivity contribution in [2.75, 3.05) is 29.9 Å². The molecule has 262 valence electrons. The topological polar surface area (TPSA) is 116 Å². The van der Waals surface area contributed by atoms with Crippen LogP contribution in [-0.2, 0) is 22.7 Å². The molecule has 0 spiro atoms. The van der Waals surface area contributed by atoms with E-state index in [1.165, 1.54) is 6.07 Å². The van der Waals surface area contributed by atoms with Crippen LogP contribution in [0.2, 0.25) is 25.7 Å². The average Bonchev–Trinajstić information content (AvgIpc) is 3.66. The van der Waals surface area contributed by atoms with Crippen LogP contribution in [0, 0.1) is 5.82 Å². The largest absolute Gasteiger partial charge is 0.444 e. The highest BCUT2D eigenvalue weighted by molar-refractivity contribution is 6.76. The molecule has 49 heavy (non-hydrogen) atoms. The standard InChI is InChI=1S/C36H48FN7O4Si/c1-36(2,3)48-35(46)39-28-14-11-17-42(23-28)32-29(37)15-10-16-30(32)41-34(45)33-40-31(24-43(33)25-47-18-19-49(4,5)6)27-20-38-44(22-27)21-26-12-8-7-9-13-26/h7-10,12-13,15-16,20,22,24,28H,11,14,17-19,21,23,25H2,1-6H3,(H,39,46)(H,41,45)/t28-/m1/s1. The molecule has 0 saturated carbocycles. The second-order valence-electron chi connectivity index (χ2n) is 14.7. The molecule has 0 bridgehead atoms. The van der Waals surface area contributed by atoms with Gasteiger partial charge >= 0.3 is 6.09 Å². The first-order chi connectivity index (χ1) is 23.2. The molecule has 11 nitrogen and oxygen atoms in total. The number of benzene rings is 2. The minimum Gasteiger partial charge on any atom is -0.444 e. The van der Waals surface area contributed by atoms with E-state index in [1.54, 1.807) is 49.9 Å². The molecule has 0 radical (unpaired) electrons. The first-order valence-corrected chi connectivity index (χ1v) is 20.5. The highest BCUT2D eigenvalue weighted by Crippen LogP contribution is 2.32. The van der Waals surface area contributed by atoms with E-state index < -0.39 is 31.5 Å². The predicted molar refractivity (Wildman–Crippen MR) is 192 cm³/mol. The number of rotatable bonds is 12. The SMILES string of the molecule is CC(C)(C)OC(=O)N[C@@H]1CCCN(c2c(F)cccc2NC(=O)c2nc(-c3cnn(Cc4ccccc4)c3)cn2COCC[Si](C)(C)C)C1. The Morgan fingerprint density at radius 3 is 2.57 bits per heavy atom. The summed E-state index contributed by atoms with van der Waals surface area (Å²) in [6.45, 7) is 14.5. The van der Waals surface area contributed by atoms with Crippen molar-refractivity contribution in [3.63, 3.8) is 0 Å². The Morgan fingerprint density at radius 1 is 1.06 bits per heavy atom. The number of nitrogens with one attached hydrogen (secondary N) is 2. The van der Waals surface area contributed by atoms with E-state index in [4.69, 9.17) is 14.5 Å². The Labute approximate surface area is 288 Å². The summed E-state index contributed by atoms with van der Waals surface area (Å²) in [6.07, 6.45) is 6.36. The van der Waals surface area contributed by atoms with Crippen LogP contribution < -0.4 is 15.5 Å². The second kappa shape index (κ2) is 15.4. The van der Waals surface area contributed by atoms with Crippen LogP contribution >= 0.6 is 0 Å². The van der Waals surface area contributed by atoms with E-state index in [-0.39, 0.29) is 24.3 Å². The molecule has 2 N–H and O–H groups in total. The normalized spacial score (nSPS) is 15.2. The van der Waals surface area contributed by atoms with Gasteiger partial charge in [0.1, 0.15) is 18.1 Å². The molecule has 0 unspecified atom stereocenters. The number of aromatic nitrogens is 4. The van der Waals surface area contributed by atoms with Gasteiger partial charge in [-0.2, -0.15) is 5.10 Å². The second-order valence-corrected chi connectivity index (χ2v) is 20.3. The number of hydrogen-bond donors (Lipinski definition) is 2. The number of hydrogen-bond acceptors (Lipinski definition) is 7. The number of carbonyl (C=O) groups excluding carboxylic acids is 2. The molecule has 1 aliphatic rings. The maximum Gasteiger partial charge on any atom is 0.407 e. The molecule has 13 heteroatoms. The Hall–Kier alpha value is -4.49. The highest BCUT2D eigenvalue weighted by Gasteiger charge is 2.28. The number of anilines is 2. The fourth-order valence-electron chi connectivity index (χ4n) is 5.62. The first-order valence-electron chi connectivity index (χ1n) is 16.8. The smallest absolute Gasteiger partial charge is 0.407 e. The van der Waals surface area contributed by atoms with Crippen LogP contribution in [0.4, 0.5) is 20.6 Å². The summed E-state index contributed by atoms with van der Waals surface area (Å²) in [5.74, 6) is -0.832. The Morgan fingerprint density at radius 2 is 1.84 bits per heavy atom. The van der Waals surface area contributed by atoms with Crippen LogP contribution in [-0.4, -0.2) is 70.7 Å². The van der Waals surface area contributed by atoms with Crippen LogP contribution in [0.25, 0.3) is 11.3 Å². The van der Waals surface area contributed by atoms with Crippen LogP contribution in [0.1, 0.15) is 49.8 Å². The van der Waals surface area contributed by atoms with Crippen molar-refractivity contribution in [2.24, 2.45) is 0 Å². The van der Waals surface area contributed by atoms with E-state index >= 15 is 4.39 Å². The maximum absolute atomic E-state index is 15.5. The predicted octanol–water partition coefficient (Wildman–Crippen LogP) is 6.99. The summed E-state index contributed by atoms with van der Waals surface area (Å²) in [7, 11) is -1.32. The summed E-state index contributed by atoms with van der Waals surface area (Å²) >= 11 is 0. The molecule has 1 saturated heterocycles. The highest BCUT2D eigenvalue weighted by atomic mass is 28.3. The molecule has 2 aromatic carbocycles. The van der Waals surface area contributed by atoms with Crippen molar-refractivity contribution in [3.05, 3.63) is 84.3 Å². The van der Waals surface area contributed by atoms with Gasteiger partial charge in [0.15, 0.2) is 0 Å². The molecule has 2 amide bonds. The van der Waals surface area contributed by atoms with Gasteiger partial charge < -0.3 is 29.6 Å². The van der Waals surface area contributed by atoms with Crippen molar-refractivity contribution < 1.29 is 23.5 Å². The van der Waals surface area contributed by atoms with Gasteiger partial charge in [-0.15, -0.1) is 0 Å². The van der Waals surface area contributed by atoms with Gasteiger partial charge in [-0.3, -0.25) is 9.48 Å². The van der Waals surface area contributed by atoms with Gasteiger partial charge in [0.05, 0.1) is 29.8 Å². The third kappa shape index (κ3) is 10.3. The number of nitrogens with zero attached hydrogens (tertiary/aromatic N) is 5. The molecular weight excluding hydrogens is 642 g/mol. The molecule has 3 heterocycles. The molecule has 1 fully saturated rings. The Balaban J connectivity index is 1.36. The summed E-state index contributed by atoms with van der Waals surface area (Å²) in [4.78, 5) is 33.0. The van der Waals surface area contributed by atoms with Gasteiger partial charge in [-0.25, -0.2) is 14.2 Å². The Bertz CT molecular complexity index is 1730. The first kappa shape index (κ1) is 35.8. The molecule has 1 aliphatic heterocycles. The molecule has 4 aromatic rings. The van der Waals surface area contributed by atoms with Crippen molar-refractivity contribution in [2.45, 2.75) is 84.2 Å². The number of alkyl carbamates (subject to hydrolysis) is 1. The number of carbonyl (C=O) groups is 2. The number of halogens is 1. The van der Waals surface area contributed by atoms with E-state index in [0.717, 1.165) is 30.0 Å². The lowest BCUT2D eigenvalue weighted by Crippen LogP contribution is -2.49.